The molecule has 0 aliphatic carbocycles. The molecule has 0 atom stereocenters. The number of hydrogen-bond donors (Lipinski definition) is 1. The molecule has 1 amide bonds. The maximum Gasteiger partial charge on any atom is 0.338 e. The molecule has 0 bridgehead atoms. The molecule has 0 radical (unpaired) electrons. The smallest absolute Gasteiger partial charge is 0.338 e. The second-order valence-corrected chi connectivity index (χ2v) is 9.53. The number of nitrogens with zero attached hydrogens (tertiary/aromatic N) is 2. The SMILES string of the molecule is CCN(CC)S(=O)(=O)c1cc(C(=O)OCC(=O)Nc2nc(-c3ccccc3)cs2)ccc1F. The monoisotopic (exact) mass is 491 g/mol. The number of esters is 1. The molecule has 2 aromatic carbocycles. The first kappa shape index (κ1) is 24.5. The van der Waals surface area contributed by atoms with Crippen molar-refractivity contribution in [3.8, 4) is 11.3 Å². The van der Waals surface area contributed by atoms with Crippen molar-refractivity contribution in [2.75, 3.05) is 25.0 Å². The van der Waals surface area contributed by atoms with Gasteiger partial charge in [-0.25, -0.2) is 22.6 Å². The molecule has 0 spiro atoms. The molecule has 33 heavy (non-hydrogen) atoms. The molecule has 0 aliphatic heterocycles. The van der Waals surface area contributed by atoms with E-state index in [1.165, 1.54) is 11.3 Å². The van der Waals surface area contributed by atoms with E-state index in [9.17, 15) is 22.4 Å². The van der Waals surface area contributed by atoms with Gasteiger partial charge < -0.3 is 4.74 Å². The van der Waals surface area contributed by atoms with Crippen molar-refractivity contribution in [2.24, 2.45) is 0 Å². The molecular formula is C22H22FN3O5S2. The largest absolute Gasteiger partial charge is 0.452 e. The predicted molar refractivity (Wildman–Crippen MR) is 123 cm³/mol. The Balaban J connectivity index is 1.64. The van der Waals surface area contributed by atoms with E-state index in [1.54, 1.807) is 19.2 Å². The fraction of sp³-hybridized carbons (Fsp3) is 0.227. The highest BCUT2D eigenvalue weighted by Gasteiger charge is 2.27. The highest BCUT2D eigenvalue weighted by atomic mass is 32.2. The Morgan fingerprint density at radius 3 is 2.48 bits per heavy atom. The molecule has 1 N–H and O–H groups in total. The predicted octanol–water partition coefficient (Wildman–Crippen LogP) is 3.78. The van der Waals surface area contributed by atoms with Crippen molar-refractivity contribution in [3.63, 3.8) is 0 Å². The van der Waals surface area contributed by atoms with Gasteiger partial charge in [0.1, 0.15) is 10.7 Å². The van der Waals surface area contributed by atoms with Crippen LogP contribution < -0.4 is 5.32 Å². The molecule has 0 unspecified atom stereocenters. The second kappa shape index (κ2) is 10.6. The van der Waals surface area contributed by atoms with Gasteiger partial charge in [-0.1, -0.05) is 44.2 Å². The first-order chi connectivity index (χ1) is 15.8. The summed E-state index contributed by atoms with van der Waals surface area (Å²) in [6.45, 7) is 2.93. The quantitative estimate of drug-likeness (QED) is 0.457. The fourth-order valence-corrected chi connectivity index (χ4v) is 5.26. The number of anilines is 1. The lowest BCUT2D eigenvalue weighted by atomic mass is 10.2. The zero-order valence-corrected chi connectivity index (χ0v) is 19.6. The number of sulfonamides is 1. The first-order valence-electron chi connectivity index (χ1n) is 10.0. The van der Waals surface area contributed by atoms with Crippen LogP contribution in [0.15, 0.2) is 58.8 Å². The first-order valence-corrected chi connectivity index (χ1v) is 12.4. The number of amides is 1. The summed E-state index contributed by atoms with van der Waals surface area (Å²) in [5, 5.41) is 4.66. The minimum atomic E-state index is -4.12. The van der Waals surface area contributed by atoms with E-state index >= 15 is 0 Å². The summed E-state index contributed by atoms with van der Waals surface area (Å²) < 4.78 is 45.5. The van der Waals surface area contributed by atoms with Crippen LogP contribution in [0.5, 0.6) is 0 Å². The van der Waals surface area contributed by atoms with Gasteiger partial charge in [0.25, 0.3) is 5.91 Å². The Kier molecular flexibility index (Phi) is 7.90. The van der Waals surface area contributed by atoms with Crippen molar-refractivity contribution >= 4 is 38.4 Å². The van der Waals surface area contributed by atoms with Crippen LogP contribution in [0.25, 0.3) is 11.3 Å². The molecule has 0 saturated carbocycles. The van der Waals surface area contributed by atoms with Crippen LogP contribution in [0.2, 0.25) is 0 Å². The van der Waals surface area contributed by atoms with E-state index in [1.807, 2.05) is 30.3 Å². The standard InChI is InChI=1S/C22H22FN3O5S2/c1-3-26(4-2)33(29,30)19-12-16(10-11-17(19)23)21(28)31-13-20(27)25-22-24-18(14-32-22)15-8-6-5-7-9-15/h5-12,14H,3-4,13H2,1-2H3,(H,24,25,27). The summed E-state index contributed by atoms with van der Waals surface area (Å²) in [6, 6.07) is 12.3. The molecule has 0 aliphatic rings. The van der Waals surface area contributed by atoms with Gasteiger partial charge in [-0.3, -0.25) is 10.1 Å². The number of thiazole rings is 1. The van der Waals surface area contributed by atoms with Gasteiger partial charge in [0.15, 0.2) is 11.7 Å². The molecule has 3 aromatic rings. The highest BCUT2D eigenvalue weighted by molar-refractivity contribution is 7.89. The Morgan fingerprint density at radius 1 is 1.12 bits per heavy atom. The lowest BCUT2D eigenvalue weighted by Gasteiger charge is -2.19. The van der Waals surface area contributed by atoms with Crippen molar-refractivity contribution < 1.29 is 27.1 Å². The van der Waals surface area contributed by atoms with Crippen LogP contribution in [0.1, 0.15) is 24.2 Å². The van der Waals surface area contributed by atoms with E-state index < -0.39 is 39.2 Å². The number of ether oxygens (including phenoxy) is 1. The summed E-state index contributed by atoms with van der Waals surface area (Å²) in [6.07, 6.45) is 0. The van der Waals surface area contributed by atoms with Gasteiger partial charge in [-0.05, 0) is 18.2 Å². The topological polar surface area (TPSA) is 106 Å². The van der Waals surface area contributed by atoms with E-state index in [2.05, 4.69) is 10.3 Å². The molecule has 0 saturated heterocycles. The third-order valence-electron chi connectivity index (χ3n) is 4.64. The summed E-state index contributed by atoms with van der Waals surface area (Å²) in [5.74, 6) is -2.55. The molecule has 0 fully saturated rings. The maximum absolute atomic E-state index is 14.2. The maximum atomic E-state index is 14.2. The summed E-state index contributed by atoms with van der Waals surface area (Å²) >= 11 is 1.22. The number of carbonyl (C=O) groups is 2. The van der Waals surface area contributed by atoms with Gasteiger partial charge in [0.05, 0.1) is 11.3 Å². The van der Waals surface area contributed by atoms with Crippen LogP contribution in [0.3, 0.4) is 0 Å². The average molecular weight is 492 g/mol. The fourth-order valence-electron chi connectivity index (χ4n) is 2.97. The van der Waals surface area contributed by atoms with Crippen LogP contribution in [-0.4, -0.2) is 49.3 Å². The van der Waals surface area contributed by atoms with Crippen LogP contribution in [0.4, 0.5) is 9.52 Å². The third kappa shape index (κ3) is 5.81. The van der Waals surface area contributed by atoms with Crippen molar-refractivity contribution in [1.29, 1.82) is 0 Å². The number of hydrogen-bond acceptors (Lipinski definition) is 7. The summed E-state index contributed by atoms with van der Waals surface area (Å²) in [5.41, 5.74) is 1.41. The highest BCUT2D eigenvalue weighted by Crippen LogP contribution is 2.25. The Bertz CT molecular complexity index is 1240. The molecule has 174 valence electrons. The molecule has 1 heterocycles. The number of rotatable bonds is 9. The Hall–Kier alpha value is -3.15. The van der Waals surface area contributed by atoms with E-state index in [4.69, 9.17) is 4.74 Å². The zero-order chi connectivity index (χ0) is 24.0. The van der Waals surface area contributed by atoms with Crippen molar-refractivity contribution in [3.05, 3.63) is 65.3 Å². The van der Waals surface area contributed by atoms with Crippen molar-refractivity contribution in [1.82, 2.24) is 9.29 Å². The van der Waals surface area contributed by atoms with Gasteiger partial charge in [-0.15, -0.1) is 11.3 Å². The van der Waals surface area contributed by atoms with Crippen LogP contribution >= 0.6 is 11.3 Å². The third-order valence-corrected chi connectivity index (χ3v) is 7.47. The summed E-state index contributed by atoms with van der Waals surface area (Å²) in [4.78, 5) is 28.2. The number of benzene rings is 2. The molecule has 8 nitrogen and oxygen atoms in total. The molecule has 11 heteroatoms. The Labute approximate surface area is 195 Å². The lowest BCUT2D eigenvalue weighted by Crippen LogP contribution is -2.31. The molecule has 3 rings (SSSR count). The minimum absolute atomic E-state index is 0.149. The number of nitrogens with one attached hydrogen (secondary N) is 1. The molecule has 1 aromatic heterocycles. The van der Waals surface area contributed by atoms with Gasteiger partial charge in [0, 0.05) is 24.0 Å². The lowest BCUT2D eigenvalue weighted by molar-refractivity contribution is -0.119. The van der Waals surface area contributed by atoms with Gasteiger partial charge in [0.2, 0.25) is 10.0 Å². The second-order valence-electron chi connectivity index (χ2n) is 6.76. The van der Waals surface area contributed by atoms with E-state index in [0.717, 1.165) is 28.1 Å². The van der Waals surface area contributed by atoms with E-state index in [0.29, 0.717) is 10.8 Å². The zero-order valence-electron chi connectivity index (χ0n) is 17.9. The van der Waals surface area contributed by atoms with Gasteiger partial charge >= 0.3 is 5.97 Å². The number of halogens is 1. The van der Waals surface area contributed by atoms with Crippen molar-refractivity contribution in [2.45, 2.75) is 18.7 Å². The van der Waals surface area contributed by atoms with Gasteiger partial charge in [-0.2, -0.15) is 4.31 Å². The number of aromatic nitrogens is 1. The normalized spacial score (nSPS) is 11.4. The van der Waals surface area contributed by atoms with E-state index in [-0.39, 0.29) is 18.7 Å². The van der Waals surface area contributed by atoms with Crippen LogP contribution in [0, 0.1) is 5.82 Å². The average Bonchev–Trinajstić information content (AvgIpc) is 3.27. The van der Waals surface area contributed by atoms with Crippen LogP contribution in [-0.2, 0) is 19.6 Å². The summed E-state index contributed by atoms with van der Waals surface area (Å²) in [7, 11) is -4.12. The minimum Gasteiger partial charge on any atom is -0.452 e. The molecular weight excluding hydrogens is 469 g/mol. The Morgan fingerprint density at radius 2 is 1.82 bits per heavy atom. The number of carbonyl (C=O) groups excluding carboxylic acids is 2.